The Labute approximate surface area is 151 Å². The Morgan fingerprint density at radius 3 is 2.20 bits per heavy atom. The van der Waals surface area contributed by atoms with E-state index < -0.39 is 25.5 Å². The molecule has 0 heterocycles. The van der Waals surface area contributed by atoms with Crippen LogP contribution in [0.2, 0.25) is 5.02 Å². The first-order valence-corrected chi connectivity index (χ1v) is 11.3. The molecule has 0 unspecified atom stereocenters. The molecule has 2 rings (SSSR count). The van der Waals surface area contributed by atoms with Gasteiger partial charge in [0.05, 0.1) is 15.5 Å². The fourth-order valence-electron chi connectivity index (χ4n) is 2.34. The van der Waals surface area contributed by atoms with E-state index in [-0.39, 0.29) is 32.6 Å². The smallest absolute Gasteiger partial charge is 0.177 e. The van der Waals surface area contributed by atoms with Crippen molar-refractivity contribution in [2.45, 2.75) is 16.3 Å². The van der Waals surface area contributed by atoms with E-state index in [9.17, 15) is 21.2 Å². The zero-order chi connectivity index (χ0) is 19.0. The number of halogens is 2. The molecule has 9 heteroatoms. The van der Waals surface area contributed by atoms with Gasteiger partial charge in [-0.1, -0.05) is 17.7 Å². The first kappa shape index (κ1) is 19.7. The molecular formula is C16H17ClFNO4S2. The van der Waals surface area contributed by atoms with Gasteiger partial charge in [0.1, 0.15) is 5.82 Å². The van der Waals surface area contributed by atoms with Gasteiger partial charge in [-0.3, -0.25) is 0 Å². The van der Waals surface area contributed by atoms with Crippen LogP contribution in [0.15, 0.2) is 46.2 Å². The van der Waals surface area contributed by atoms with Crippen molar-refractivity contribution in [1.82, 2.24) is 0 Å². The summed E-state index contributed by atoms with van der Waals surface area (Å²) in [4.78, 5) is 1.26. The van der Waals surface area contributed by atoms with Crippen LogP contribution in [0.1, 0.15) is 5.56 Å². The minimum atomic E-state index is -3.71. The van der Waals surface area contributed by atoms with Crippen LogP contribution in [-0.4, -0.2) is 36.4 Å². The van der Waals surface area contributed by atoms with Crippen molar-refractivity contribution in [3.63, 3.8) is 0 Å². The highest BCUT2D eigenvalue weighted by atomic mass is 35.5. The molecule has 0 N–H and O–H groups in total. The van der Waals surface area contributed by atoms with E-state index in [0.717, 1.165) is 18.6 Å². The van der Waals surface area contributed by atoms with Gasteiger partial charge in [0.25, 0.3) is 0 Å². The van der Waals surface area contributed by atoms with Crippen LogP contribution in [0.5, 0.6) is 0 Å². The van der Waals surface area contributed by atoms with Gasteiger partial charge in [-0.15, -0.1) is 0 Å². The van der Waals surface area contributed by atoms with E-state index in [0.29, 0.717) is 0 Å². The summed E-state index contributed by atoms with van der Waals surface area (Å²) in [7, 11) is -5.69. The molecule has 0 saturated heterocycles. The lowest BCUT2D eigenvalue weighted by Gasteiger charge is -2.23. The summed E-state index contributed by atoms with van der Waals surface area (Å²) < 4.78 is 61.6. The quantitative estimate of drug-likeness (QED) is 0.764. The molecule has 0 fully saturated rings. The lowest BCUT2D eigenvalue weighted by Crippen LogP contribution is -2.20. The SMILES string of the molecule is CN(Cc1c(F)cccc1Cl)c1ccc(S(C)(=O)=O)cc1S(C)(=O)=O. The van der Waals surface area contributed by atoms with Crippen LogP contribution in [0, 0.1) is 5.82 Å². The number of benzene rings is 2. The van der Waals surface area contributed by atoms with Crippen molar-refractivity contribution in [3.8, 4) is 0 Å². The summed E-state index contributed by atoms with van der Waals surface area (Å²) in [6.45, 7) is 0.0201. The normalized spacial score (nSPS) is 12.2. The molecule has 0 atom stereocenters. The van der Waals surface area contributed by atoms with Crippen molar-refractivity contribution in [2.24, 2.45) is 0 Å². The Morgan fingerprint density at radius 2 is 1.68 bits per heavy atom. The van der Waals surface area contributed by atoms with E-state index in [1.54, 1.807) is 7.05 Å². The summed E-state index contributed by atoms with van der Waals surface area (Å²) >= 11 is 6.01. The molecule has 5 nitrogen and oxygen atoms in total. The van der Waals surface area contributed by atoms with E-state index in [2.05, 4.69) is 0 Å². The average molecular weight is 406 g/mol. The van der Waals surface area contributed by atoms with Crippen molar-refractivity contribution < 1.29 is 21.2 Å². The van der Waals surface area contributed by atoms with Gasteiger partial charge in [-0.05, 0) is 30.3 Å². The molecule has 136 valence electrons. The topological polar surface area (TPSA) is 71.5 Å². The number of nitrogens with zero attached hydrogens (tertiary/aromatic N) is 1. The maximum absolute atomic E-state index is 14.0. The zero-order valence-corrected chi connectivity index (χ0v) is 16.2. The van der Waals surface area contributed by atoms with E-state index >= 15 is 0 Å². The summed E-state index contributed by atoms with van der Waals surface area (Å²) in [5.41, 5.74) is 0.479. The standard InChI is InChI=1S/C16H17ClFNO4S2/c1-19(10-12-13(17)5-4-6-14(12)18)15-8-7-11(24(2,20)21)9-16(15)25(3,22)23/h4-9H,10H2,1-3H3. The molecular weight excluding hydrogens is 389 g/mol. The molecule has 0 radical (unpaired) electrons. The van der Waals surface area contributed by atoms with Gasteiger partial charge in [-0.25, -0.2) is 21.2 Å². The largest absolute Gasteiger partial charge is 0.369 e. The van der Waals surface area contributed by atoms with Crippen LogP contribution in [-0.2, 0) is 26.2 Å². The van der Waals surface area contributed by atoms with Crippen LogP contribution in [0.3, 0.4) is 0 Å². The minimum Gasteiger partial charge on any atom is -0.369 e. The number of hydrogen-bond donors (Lipinski definition) is 0. The second-order valence-corrected chi connectivity index (χ2v) is 10.1. The molecule has 2 aromatic carbocycles. The summed E-state index contributed by atoms with van der Waals surface area (Å²) in [6.07, 6.45) is 1.98. The minimum absolute atomic E-state index is 0.0201. The average Bonchev–Trinajstić information content (AvgIpc) is 2.48. The monoisotopic (exact) mass is 405 g/mol. The second-order valence-electron chi connectivity index (χ2n) is 5.73. The van der Waals surface area contributed by atoms with Crippen LogP contribution in [0.25, 0.3) is 0 Å². The maximum Gasteiger partial charge on any atom is 0.177 e. The summed E-state index contributed by atoms with van der Waals surface area (Å²) in [5, 5.41) is 0.223. The first-order chi connectivity index (χ1) is 11.4. The third-order valence-electron chi connectivity index (χ3n) is 3.63. The highest BCUT2D eigenvalue weighted by molar-refractivity contribution is 7.91. The molecule has 0 spiro atoms. The van der Waals surface area contributed by atoms with E-state index in [1.807, 2.05) is 0 Å². The number of anilines is 1. The lowest BCUT2D eigenvalue weighted by atomic mass is 10.2. The second kappa shape index (κ2) is 6.93. The third-order valence-corrected chi connectivity index (χ3v) is 6.22. The van der Waals surface area contributed by atoms with Gasteiger partial charge >= 0.3 is 0 Å². The Bertz CT molecular complexity index is 1000. The van der Waals surface area contributed by atoms with Crippen molar-refractivity contribution in [1.29, 1.82) is 0 Å². The molecule has 0 amide bonds. The first-order valence-electron chi connectivity index (χ1n) is 7.09. The molecule has 2 aromatic rings. The number of sulfone groups is 2. The lowest BCUT2D eigenvalue weighted by molar-refractivity contribution is 0.599. The van der Waals surface area contributed by atoms with Gasteiger partial charge in [0.15, 0.2) is 19.7 Å². The van der Waals surface area contributed by atoms with Crippen LogP contribution in [0.4, 0.5) is 10.1 Å². The predicted molar refractivity (Wildman–Crippen MR) is 96.2 cm³/mol. The molecule has 0 aliphatic carbocycles. The molecule has 25 heavy (non-hydrogen) atoms. The summed E-state index contributed by atoms with van der Waals surface area (Å²) in [6, 6.07) is 8.10. The highest BCUT2D eigenvalue weighted by Gasteiger charge is 2.21. The highest BCUT2D eigenvalue weighted by Crippen LogP contribution is 2.30. The summed E-state index contributed by atoms with van der Waals surface area (Å²) in [5.74, 6) is -0.506. The maximum atomic E-state index is 14.0. The Morgan fingerprint density at radius 1 is 1.04 bits per heavy atom. The Hall–Kier alpha value is -1.64. The fourth-order valence-corrected chi connectivity index (χ4v) is 4.23. The van der Waals surface area contributed by atoms with Gasteiger partial charge in [0, 0.05) is 36.7 Å². The van der Waals surface area contributed by atoms with Crippen molar-refractivity contribution >= 4 is 37.0 Å². The van der Waals surface area contributed by atoms with Crippen molar-refractivity contribution in [2.75, 3.05) is 24.5 Å². The van der Waals surface area contributed by atoms with Gasteiger partial charge in [-0.2, -0.15) is 0 Å². The Kier molecular flexibility index (Phi) is 5.46. The van der Waals surface area contributed by atoms with Crippen LogP contribution >= 0.6 is 11.6 Å². The molecule has 0 aliphatic heterocycles. The number of rotatable bonds is 5. The molecule has 0 aromatic heterocycles. The zero-order valence-electron chi connectivity index (χ0n) is 13.8. The van der Waals surface area contributed by atoms with E-state index in [4.69, 9.17) is 11.6 Å². The molecule has 0 saturated carbocycles. The van der Waals surface area contributed by atoms with E-state index in [1.165, 1.54) is 35.2 Å². The molecule has 0 aliphatic rings. The van der Waals surface area contributed by atoms with Gasteiger partial charge < -0.3 is 4.90 Å². The van der Waals surface area contributed by atoms with Crippen molar-refractivity contribution in [3.05, 3.63) is 52.8 Å². The van der Waals surface area contributed by atoms with Gasteiger partial charge in [0.2, 0.25) is 0 Å². The third kappa shape index (κ3) is 4.50. The predicted octanol–water partition coefficient (Wildman–Crippen LogP) is 2.92. The number of hydrogen-bond acceptors (Lipinski definition) is 5. The Balaban J connectivity index is 2.55. The molecule has 0 bridgehead atoms. The fraction of sp³-hybridized carbons (Fsp3) is 0.250. The van der Waals surface area contributed by atoms with Crippen LogP contribution < -0.4 is 4.90 Å².